The average Bonchev–Trinajstić information content (AvgIpc) is 1.25. The molecule has 0 aliphatic rings. The number of amides is 2. The zero-order chi connectivity index (χ0) is 108. The molecule has 0 saturated heterocycles. The maximum absolute atomic E-state index is 11.8. The van der Waals surface area contributed by atoms with Crippen LogP contribution in [0.4, 0.5) is 45.5 Å². The van der Waals surface area contributed by atoms with Crippen molar-refractivity contribution in [1.82, 2.24) is 60.3 Å². The zero-order valence-corrected chi connectivity index (χ0v) is 84.0. The number of nitrogens with two attached hydrogens (primary N) is 5. The molecule has 5 heterocycles. The predicted molar refractivity (Wildman–Crippen MR) is 545 cm³/mol. The fourth-order valence-electron chi connectivity index (χ4n) is 10.4. The Kier molecular flexibility index (Phi) is 50.7. The number of rotatable bonds is 37. The van der Waals surface area contributed by atoms with Gasteiger partial charge in [0.25, 0.3) is 0 Å². The van der Waals surface area contributed by atoms with Crippen LogP contribution in [-0.2, 0) is 19.1 Å². The summed E-state index contributed by atoms with van der Waals surface area (Å²) in [6.45, 7) is 13.3. The number of benzene rings is 8. The van der Waals surface area contributed by atoms with Gasteiger partial charge in [-0.3, -0.25) is 15.2 Å². The van der Waals surface area contributed by atoms with Crippen LogP contribution < -0.4 is 131 Å². The minimum Gasteiger partial charge on any atom is -0.497 e. The zero-order valence-electron chi connectivity index (χ0n) is 82.5. The van der Waals surface area contributed by atoms with Crippen LogP contribution in [0.1, 0.15) is 41.5 Å². The normalized spacial score (nSPS) is 10.2. The number of aliphatic imine (C=N–C) groups is 1. The molecule has 49 heteroatoms. The summed E-state index contributed by atoms with van der Waals surface area (Å²) in [6, 6.07) is 59.0. The van der Waals surface area contributed by atoms with Crippen molar-refractivity contribution in [3.8, 4) is 140 Å². The second-order valence-corrected chi connectivity index (χ2v) is 31.0. The fraction of sp³-hybridized carbons (Fsp3) is 0.255. The predicted octanol–water partition coefficient (Wildman–Crippen LogP) is 17.4. The van der Waals surface area contributed by atoms with Gasteiger partial charge in [0.15, 0.2) is 5.96 Å². The van der Waals surface area contributed by atoms with Gasteiger partial charge in [-0.25, -0.2) is 34.2 Å². The maximum Gasteiger partial charge on any atom is 0.446 e. The first kappa shape index (κ1) is 118. The third kappa shape index (κ3) is 47.1. The molecule has 0 saturated carbocycles. The first-order chi connectivity index (χ1) is 70.4. The van der Waals surface area contributed by atoms with Crippen molar-refractivity contribution >= 4 is 82.6 Å². The monoisotopic (exact) mass is 2080 g/mol. The molecule has 16 N–H and O–H groups in total. The first-order valence-electron chi connectivity index (χ1n) is 43.6. The molecule has 13 aromatic rings. The number of alkyl halides is 5. The van der Waals surface area contributed by atoms with Gasteiger partial charge in [0, 0.05) is 45.1 Å². The Morgan fingerprint density at radius 1 is 0.401 bits per heavy atom. The number of nitrogens with zero attached hydrogens (tertiary/aromatic N) is 11. The summed E-state index contributed by atoms with van der Waals surface area (Å²) in [4.78, 5) is 79.2. The van der Waals surface area contributed by atoms with Crippen molar-refractivity contribution in [2.24, 2.45) is 27.9 Å². The van der Waals surface area contributed by atoms with Gasteiger partial charge in [-0.2, -0.15) is 38.2 Å². The SMILES string of the molecule is CC(C)(C)OC(=O)NCC=O.COc1ccc(Oc2ncc(N)c(Oc3ccc(OC)cc3)n2)cc1.COc1ccc(Oc2ncc(NCCN)c(Oc3ccc(OC)cc3)n2)cc1.COc1ccc(Oc2ncc(NCCN=C(N)N)c(Oc3ccc(OC)cc3)n2)cc1.COc1ccc(Oc2ncc(NCCNC(=O)OC(C)(C)C)c(Oc3ccc(OC)cc3)n2)cc1.ClCCl.N=C(N)n1cccn1.O=CC(F)(F)F. The molecule has 0 atom stereocenters. The molecule has 0 fully saturated rings. The molecule has 44 nitrogen and oxygen atoms in total. The number of methoxy groups -OCH3 is 8. The number of nitrogens with one attached hydrogen (secondary N) is 6. The first-order valence-corrected chi connectivity index (χ1v) is 44.6. The Balaban J connectivity index is 0.000000275. The molecule has 0 radical (unpaired) electrons. The van der Waals surface area contributed by atoms with Crippen molar-refractivity contribution in [2.75, 3.05) is 130 Å². The van der Waals surface area contributed by atoms with E-state index in [1.165, 1.54) is 10.9 Å². The van der Waals surface area contributed by atoms with Gasteiger partial charge >= 0.3 is 42.4 Å². The quantitative estimate of drug-likeness (QED) is 0.00566. The Morgan fingerprint density at radius 2 is 0.660 bits per heavy atom. The third-order valence-electron chi connectivity index (χ3n) is 17.0. The summed E-state index contributed by atoms with van der Waals surface area (Å²) in [5, 5.41) is 25.1. The van der Waals surface area contributed by atoms with E-state index >= 15 is 0 Å². The number of aldehydes is 2. The van der Waals surface area contributed by atoms with Gasteiger partial charge in [0.05, 0.1) is 100 Å². The van der Waals surface area contributed by atoms with E-state index in [9.17, 15) is 27.6 Å². The van der Waals surface area contributed by atoms with Crippen LogP contribution in [0.15, 0.2) is 242 Å². The molecule has 147 heavy (non-hydrogen) atoms. The van der Waals surface area contributed by atoms with Crippen LogP contribution in [0, 0.1) is 5.41 Å². The van der Waals surface area contributed by atoms with Crippen molar-refractivity contribution in [3.05, 3.63) is 237 Å². The molecule has 5 aromatic heterocycles. The molecule has 784 valence electrons. The lowest BCUT2D eigenvalue weighted by atomic mass is 10.2. The Labute approximate surface area is 855 Å². The van der Waals surface area contributed by atoms with E-state index in [4.69, 9.17) is 147 Å². The minimum absolute atomic E-state index is 0.00505. The van der Waals surface area contributed by atoms with Crippen molar-refractivity contribution in [3.63, 3.8) is 0 Å². The molecule has 0 spiro atoms. The second-order valence-electron chi connectivity index (χ2n) is 30.2. The number of nitrogen functional groups attached to an aromatic ring is 2. The Bertz CT molecular complexity index is 6100. The molecule has 2 amide bonds. The number of halogens is 5. The summed E-state index contributed by atoms with van der Waals surface area (Å²) < 4.78 is 130. The van der Waals surface area contributed by atoms with E-state index in [0.717, 1.165) is 28.7 Å². The minimum atomic E-state index is -4.64. The lowest BCUT2D eigenvalue weighted by Crippen LogP contribution is -2.35. The van der Waals surface area contributed by atoms with Crippen molar-refractivity contribution in [2.45, 2.75) is 58.9 Å². The van der Waals surface area contributed by atoms with Gasteiger partial charge in [-0.1, -0.05) is 0 Å². The lowest BCUT2D eigenvalue weighted by molar-refractivity contribution is -0.156. The number of aromatic nitrogens is 10. The van der Waals surface area contributed by atoms with Crippen LogP contribution in [0.25, 0.3) is 0 Å². The fourth-order valence-corrected chi connectivity index (χ4v) is 10.4. The van der Waals surface area contributed by atoms with E-state index in [1.54, 1.807) is 330 Å². The van der Waals surface area contributed by atoms with Crippen LogP contribution >= 0.6 is 23.2 Å². The van der Waals surface area contributed by atoms with Crippen LogP contribution in [-0.4, -0.2) is 212 Å². The summed E-state index contributed by atoms with van der Waals surface area (Å²) in [6.07, 6.45) is 3.18. The lowest BCUT2D eigenvalue weighted by Gasteiger charge is -2.19. The van der Waals surface area contributed by atoms with E-state index < -0.39 is 35.9 Å². The van der Waals surface area contributed by atoms with Gasteiger partial charge in [-0.15, -0.1) is 23.2 Å². The van der Waals surface area contributed by atoms with E-state index in [-0.39, 0.29) is 65.5 Å². The average molecular weight is 2080 g/mol. The Morgan fingerprint density at radius 3 is 0.905 bits per heavy atom. The molecule has 0 aliphatic heterocycles. The number of hydrogen-bond donors (Lipinski definition) is 11. The number of carbonyl (C=O) groups excluding carboxylic acids is 4. The van der Waals surface area contributed by atoms with E-state index in [1.807, 2.05) is 0 Å². The molecule has 8 aromatic carbocycles. The number of alkyl carbamates (subject to hydrolysis) is 2. The molecule has 0 unspecified atom stereocenters. The van der Waals surface area contributed by atoms with Gasteiger partial charge < -0.3 is 145 Å². The van der Waals surface area contributed by atoms with Gasteiger partial charge in [-0.05, 0) is 242 Å². The van der Waals surface area contributed by atoms with Crippen LogP contribution in [0.3, 0.4) is 0 Å². The van der Waals surface area contributed by atoms with Gasteiger partial charge in [0.1, 0.15) is 132 Å². The molecular weight excluding hydrogens is 1970 g/mol. The third-order valence-corrected chi connectivity index (χ3v) is 17.0. The highest BCUT2D eigenvalue weighted by Crippen LogP contribution is 2.37. The number of hydrogen-bond acceptors (Lipinski definition) is 38. The number of anilines is 4. The number of ether oxygens (including phenoxy) is 18. The highest BCUT2D eigenvalue weighted by atomic mass is 35.5. The van der Waals surface area contributed by atoms with E-state index in [2.05, 4.69) is 76.5 Å². The summed E-state index contributed by atoms with van der Waals surface area (Å²) >= 11 is 9.53. The van der Waals surface area contributed by atoms with Gasteiger partial charge in [0.2, 0.25) is 35.8 Å². The molecular formula is C98H115Cl2F3N22O22. The van der Waals surface area contributed by atoms with Crippen molar-refractivity contribution < 1.29 is 118 Å². The number of carbonyl (C=O) groups is 4. The maximum atomic E-state index is 11.8. The highest BCUT2D eigenvalue weighted by molar-refractivity contribution is 6.40. The molecule has 0 aliphatic carbocycles. The highest BCUT2D eigenvalue weighted by Gasteiger charge is 2.25. The summed E-state index contributed by atoms with van der Waals surface area (Å²) in [5.74, 6) is 11.4. The summed E-state index contributed by atoms with van der Waals surface area (Å²) in [7, 11) is 12.8. The van der Waals surface area contributed by atoms with Crippen LogP contribution in [0.2, 0.25) is 0 Å². The van der Waals surface area contributed by atoms with E-state index in [0.29, 0.717) is 137 Å². The molecule has 0 bridgehead atoms. The smallest absolute Gasteiger partial charge is 0.446 e. The summed E-state index contributed by atoms with van der Waals surface area (Å²) in [5.41, 5.74) is 28.1. The second kappa shape index (κ2) is 63.2. The number of guanidine groups is 1. The Hall–Kier alpha value is -17.8. The topological polar surface area (TPSA) is 582 Å². The van der Waals surface area contributed by atoms with Crippen molar-refractivity contribution in [1.29, 1.82) is 5.41 Å². The van der Waals surface area contributed by atoms with Crippen LogP contribution in [0.5, 0.6) is 140 Å². The largest absolute Gasteiger partial charge is 0.497 e. The molecule has 13 rings (SSSR count). The standard InChI is InChI=1S/C25H30N4O6.C21H24N6O4.C20H22N4O4.C18H17N3O4.C7H13NO3.C4H6N4.C2HF3O.CH2Cl2/c1-25(2,3)35-24(30)27-15-14-26-21-16-28-23(34-20-12-8-18(32-5)9-13-20)29-22(21)33-19-10-6-17(31-4)7-11-19;1-28-14-3-7-16(8-4-14)30-19-18(24-11-12-25-20(22)23)13-26-21(27-19)31-17-9-5-15(29-2)6-10-17;1-25-14-3-7-16(8-4-14)27-19-18(22-12-11-21)13-23-20(24-19)28-17-9-5-15(26-2)6-10-17;1-22-12-3-7-14(8-4-12)24-17-16(19)11-20-18(21-17)25-15-9-5-13(23-2)6-10-15;1-7(2,3)11-6(10)8-4-5-9;5-4(6)8-3-1-2-7-8;3-2(4,5)1-6;2-1-3/h6-13,16,26H,14-15H2,1-5H3,(H,27,30);3-10,13,24H,11-12H2,1-2H3,(H4,22,23,25);3-10,13,22H,11-12,21H2,1-2H3;3-11H,19H2,1-2H3;5H,4H2,1-3H3,(H,8,10);1-3H,(H3,5,6);1H;1H2.